The number of benzene rings is 1. The van der Waals surface area contributed by atoms with E-state index in [1.165, 1.54) is 11.0 Å². The summed E-state index contributed by atoms with van der Waals surface area (Å²) in [6, 6.07) is 2.80. The molecule has 7 heteroatoms. The predicted octanol–water partition coefficient (Wildman–Crippen LogP) is 2.18. The average molecular weight is 337 g/mol. The van der Waals surface area contributed by atoms with E-state index in [-0.39, 0.29) is 23.6 Å². The van der Waals surface area contributed by atoms with Crippen LogP contribution in [0.3, 0.4) is 0 Å². The molecular formula is C17H21F2N3O2. The maximum absolute atomic E-state index is 14.0. The van der Waals surface area contributed by atoms with Crippen LogP contribution in [0.2, 0.25) is 0 Å². The number of piperidine rings is 1. The van der Waals surface area contributed by atoms with Crippen LogP contribution in [0.5, 0.6) is 0 Å². The van der Waals surface area contributed by atoms with Crippen LogP contribution in [0, 0.1) is 17.6 Å². The van der Waals surface area contributed by atoms with Gasteiger partial charge in [-0.2, -0.15) is 0 Å². The van der Waals surface area contributed by atoms with Crippen LogP contribution < -0.4 is 0 Å². The molecule has 3 heterocycles. The molecule has 3 saturated heterocycles. The van der Waals surface area contributed by atoms with Gasteiger partial charge >= 0.3 is 6.03 Å². The fourth-order valence-corrected chi connectivity index (χ4v) is 3.59. The van der Waals surface area contributed by atoms with E-state index < -0.39 is 17.5 Å². The summed E-state index contributed by atoms with van der Waals surface area (Å²) in [4.78, 5) is 29.9. The smallest absolute Gasteiger partial charge is 0.319 e. The van der Waals surface area contributed by atoms with Crippen molar-refractivity contribution in [1.29, 1.82) is 0 Å². The summed E-state index contributed by atoms with van der Waals surface area (Å²) >= 11 is 0. The molecule has 1 aromatic carbocycles. The zero-order valence-corrected chi connectivity index (χ0v) is 13.8. The Morgan fingerprint density at radius 1 is 1.12 bits per heavy atom. The summed E-state index contributed by atoms with van der Waals surface area (Å²) < 4.78 is 27.0. The Hall–Kier alpha value is -2.18. The first-order valence-electron chi connectivity index (χ1n) is 8.09. The van der Waals surface area contributed by atoms with Gasteiger partial charge < -0.3 is 14.7 Å². The summed E-state index contributed by atoms with van der Waals surface area (Å²) in [5, 5.41) is 0. The SMILES string of the molecule is CN(C)C(=O)N1C[C@@H]2CC[C@H](C1)N(C(=O)c1ccc(F)cc1F)C2. The van der Waals surface area contributed by atoms with Gasteiger partial charge in [-0.15, -0.1) is 0 Å². The first kappa shape index (κ1) is 16.7. The quantitative estimate of drug-likeness (QED) is 0.788. The first-order valence-corrected chi connectivity index (χ1v) is 8.09. The molecule has 5 nitrogen and oxygen atoms in total. The van der Waals surface area contributed by atoms with E-state index in [4.69, 9.17) is 0 Å². The summed E-state index contributed by atoms with van der Waals surface area (Å²) in [7, 11) is 3.40. The van der Waals surface area contributed by atoms with Gasteiger partial charge in [0.25, 0.3) is 5.91 Å². The van der Waals surface area contributed by atoms with E-state index >= 15 is 0 Å². The fraction of sp³-hybridized carbons (Fsp3) is 0.529. The van der Waals surface area contributed by atoms with Gasteiger partial charge in [-0.3, -0.25) is 4.79 Å². The molecule has 0 unspecified atom stereocenters. The number of hydrogen-bond acceptors (Lipinski definition) is 2. The number of nitrogens with zero attached hydrogens (tertiary/aromatic N) is 3. The highest BCUT2D eigenvalue weighted by Crippen LogP contribution is 2.30. The molecule has 1 aromatic rings. The second-order valence-electron chi connectivity index (χ2n) is 6.76. The van der Waals surface area contributed by atoms with Crippen LogP contribution in [0.15, 0.2) is 18.2 Å². The molecule has 0 radical (unpaired) electrons. The third kappa shape index (κ3) is 3.07. The molecule has 2 atom stereocenters. The maximum atomic E-state index is 14.0. The van der Waals surface area contributed by atoms with E-state index in [0.29, 0.717) is 19.6 Å². The van der Waals surface area contributed by atoms with Gasteiger partial charge in [-0.25, -0.2) is 13.6 Å². The van der Waals surface area contributed by atoms with Crippen LogP contribution >= 0.6 is 0 Å². The van der Waals surface area contributed by atoms with E-state index in [9.17, 15) is 18.4 Å². The lowest BCUT2D eigenvalue weighted by molar-refractivity contribution is 0.0581. The van der Waals surface area contributed by atoms with Gasteiger partial charge in [0.15, 0.2) is 0 Å². The Morgan fingerprint density at radius 2 is 1.88 bits per heavy atom. The minimum Gasteiger partial charge on any atom is -0.333 e. The van der Waals surface area contributed by atoms with E-state index in [1.54, 1.807) is 23.9 Å². The number of urea groups is 1. The Balaban J connectivity index is 1.83. The Kier molecular flexibility index (Phi) is 4.43. The van der Waals surface area contributed by atoms with Gasteiger partial charge in [0.2, 0.25) is 0 Å². The van der Waals surface area contributed by atoms with Crippen LogP contribution in [0.25, 0.3) is 0 Å². The summed E-state index contributed by atoms with van der Waals surface area (Å²) in [5.74, 6) is -1.80. The molecule has 0 saturated carbocycles. The minimum absolute atomic E-state index is 0.0749. The molecule has 3 fully saturated rings. The Labute approximate surface area is 139 Å². The summed E-state index contributed by atoms with van der Waals surface area (Å²) in [6.07, 6.45) is 1.73. The van der Waals surface area contributed by atoms with E-state index in [0.717, 1.165) is 25.0 Å². The zero-order valence-electron chi connectivity index (χ0n) is 13.8. The number of carbonyl (C=O) groups excluding carboxylic acids is 2. The molecule has 0 aliphatic carbocycles. The Morgan fingerprint density at radius 3 is 2.54 bits per heavy atom. The van der Waals surface area contributed by atoms with Gasteiger partial charge in [0, 0.05) is 45.8 Å². The topological polar surface area (TPSA) is 43.9 Å². The van der Waals surface area contributed by atoms with Gasteiger partial charge in [-0.05, 0) is 30.9 Å². The Bertz CT molecular complexity index is 665. The number of amides is 3. The average Bonchev–Trinajstić information content (AvgIpc) is 2.85. The van der Waals surface area contributed by atoms with Gasteiger partial charge in [-0.1, -0.05) is 0 Å². The molecule has 0 aromatic heterocycles. The molecule has 2 bridgehead atoms. The molecule has 3 amide bonds. The highest BCUT2D eigenvalue weighted by atomic mass is 19.1. The fourth-order valence-electron chi connectivity index (χ4n) is 3.59. The lowest BCUT2D eigenvalue weighted by atomic mass is 9.94. The van der Waals surface area contributed by atoms with Crippen molar-refractivity contribution in [3.05, 3.63) is 35.4 Å². The number of carbonyl (C=O) groups is 2. The monoisotopic (exact) mass is 337 g/mol. The second kappa shape index (κ2) is 6.37. The van der Waals surface area contributed by atoms with Crippen molar-refractivity contribution in [2.75, 3.05) is 33.7 Å². The maximum Gasteiger partial charge on any atom is 0.319 e. The largest absolute Gasteiger partial charge is 0.333 e. The van der Waals surface area contributed by atoms with Crippen LogP contribution in [0.1, 0.15) is 23.2 Å². The predicted molar refractivity (Wildman–Crippen MR) is 84.6 cm³/mol. The highest BCUT2D eigenvalue weighted by molar-refractivity contribution is 5.95. The third-order valence-corrected chi connectivity index (χ3v) is 4.79. The minimum atomic E-state index is -0.846. The number of fused-ring (bicyclic) bond motifs is 4. The van der Waals surface area contributed by atoms with Crippen molar-refractivity contribution >= 4 is 11.9 Å². The van der Waals surface area contributed by atoms with Crippen molar-refractivity contribution in [2.45, 2.75) is 18.9 Å². The molecule has 0 N–H and O–H groups in total. The van der Waals surface area contributed by atoms with Crippen molar-refractivity contribution in [3.8, 4) is 0 Å². The van der Waals surface area contributed by atoms with Gasteiger partial charge in [0.1, 0.15) is 11.6 Å². The van der Waals surface area contributed by atoms with E-state index in [2.05, 4.69) is 0 Å². The molecule has 4 rings (SSSR count). The van der Waals surface area contributed by atoms with Crippen LogP contribution in [0.4, 0.5) is 13.6 Å². The lowest BCUT2D eigenvalue weighted by Crippen LogP contribution is -2.48. The number of hydrogen-bond donors (Lipinski definition) is 0. The van der Waals surface area contributed by atoms with Crippen molar-refractivity contribution in [1.82, 2.24) is 14.7 Å². The standard InChI is InChI=1S/C17H21F2N3O2/c1-20(2)17(24)21-8-11-3-5-13(10-21)22(9-11)16(23)14-6-4-12(18)7-15(14)19/h4,6-7,11,13H,3,5,8-10H2,1-2H3/t11-,13+/m0/s1. The van der Waals surface area contributed by atoms with Crippen molar-refractivity contribution in [3.63, 3.8) is 0 Å². The van der Waals surface area contributed by atoms with Crippen molar-refractivity contribution < 1.29 is 18.4 Å². The van der Waals surface area contributed by atoms with Crippen LogP contribution in [-0.4, -0.2) is 66.4 Å². The van der Waals surface area contributed by atoms with E-state index in [1.807, 2.05) is 0 Å². The molecule has 130 valence electrons. The number of halogens is 2. The normalized spacial score (nSPS) is 23.2. The van der Waals surface area contributed by atoms with Crippen molar-refractivity contribution in [2.24, 2.45) is 5.92 Å². The van der Waals surface area contributed by atoms with Crippen LogP contribution in [-0.2, 0) is 0 Å². The number of rotatable bonds is 1. The summed E-state index contributed by atoms with van der Waals surface area (Å²) in [6.45, 7) is 1.54. The molecule has 3 aliphatic heterocycles. The zero-order chi connectivity index (χ0) is 17.4. The third-order valence-electron chi connectivity index (χ3n) is 4.79. The first-order chi connectivity index (χ1) is 11.4. The second-order valence-corrected chi connectivity index (χ2v) is 6.76. The highest BCUT2D eigenvalue weighted by Gasteiger charge is 2.39. The lowest BCUT2D eigenvalue weighted by Gasteiger charge is -2.36. The molecule has 0 spiro atoms. The molecule has 24 heavy (non-hydrogen) atoms. The summed E-state index contributed by atoms with van der Waals surface area (Å²) in [5.41, 5.74) is -0.116. The van der Waals surface area contributed by atoms with Gasteiger partial charge in [0.05, 0.1) is 5.56 Å². The molecule has 3 aliphatic rings. The molecular weight excluding hydrogens is 316 g/mol.